The Kier molecular flexibility index (Phi) is 3.99. The average Bonchev–Trinajstić information content (AvgIpc) is 2.93. The summed E-state index contributed by atoms with van der Waals surface area (Å²) in [5, 5.41) is -0.498. The molecule has 1 saturated heterocycles. The molecule has 0 unspecified atom stereocenters. The molecule has 2 rings (SSSR count). The maximum atomic E-state index is 12.2. The lowest BCUT2D eigenvalue weighted by Gasteiger charge is -2.18. The highest BCUT2D eigenvalue weighted by Gasteiger charge is 2.41. The maximum absolute atomic E-state index is 12.2. The number of ether oxygens (including phenoxy) is 1. The highest BCUT2D eigenvalue weighted by Crippen LogP contribution is 2.33. The summed E-state index contributed by atoms with van der Waals surface area (Å²) in [6.07, 6.45) is 1.49. The minimum absolute atomic E-state index is 0.222. The van der Waals surface area contributed by atoms with Crippen LogP contribution in [0.1, 0.15) is 18.4 Å². The normalized spacial score (nSPS) is 18.8. The topological polar surface area (TPSA) is 76.8 Å². The van der Waals surface area contributed by atoms with Gasteiger partial charge in [0.15, 0.2) is 0 Å². The number of hydrogen-bond acceptors (Lipinski definition) is 6. The van der Waals surface area contributed by atoms with Gasteiger partial charge in [0.05, 0.1) is 12.0 Å². The van der Waals surface area contributed by atoms with E-state index in [9.17, 15) is 14.4 Å². The van der Waals surface area contributed by atoms with Crippen molar-refractivity contribution < 1.29 is 23.5 Å². The van der Waals surface area contributed by atoms with Crippen LogP contribution in [-0.4, -0.2) is 35.2 Å². The molecule has 1 aromatic heterocycles. The third-order valence-corrected chi connectivity index (χ3v) is 3.67. The quantitative estimate of drug-likeness (QED) is 0.628. The van der Waals surface area contributed by atoms with Gasteiger partial charge in [-0.05, 0) is 37.7 Å². The Balaban J connectivity index is 2.25. The number of nitrogens with zero attached hydrogens (tertiary/aromatic N) is 1. The largest absolute Gasteiger partial charge is 0.467 e. The second-order valence-electron chi connectivity index (χ2n) is 4.20. The van der Waals surface area contributed by atoms with E-state index >= 15 is 0 Å². The predicted octanol–water partition coefficient (Wildman–Crippen LogP) is 2.19. The number of imide groups is 1. The van der Waals surface area contributed by atoms with E-state index in [0.29, 0.717) is 11.5 Å². The highest BCUT2D eigenvalue weighted by molar-refractivity contribution is 8.18. The van der Waals surface area contributed by atoms with Crippen molar-refractivity contribution in [1.82, 2.24) is 4.90 Å². The van der Waals surface area contributed by atoms with Crippen molar-refractivity contribution in [2.24, 2.45) is 0 Å². The first kappa shape index (κ1) is 14.4. The molecular weight excluding hydrogens is 282 g/mol. The molecule has 2 heterocycles. The van der Waals surface area contributed by atoms with Gasteiger partial charge in [0.25, 0.3) is 11.1 Å². The molecule has 7 heteroatoms. The second kappa shape index (κ2) is 5.54. The number of carbonyl (C=O) groups is 3. The molecule has 0 bridgehead atoms. The molecule has 1 aliphatic rings. The lowest BCUT2D eigenvalue weighted by Crippen LogP contribution is -2.42. The van der Waals surface area contributed by atoms with Gasteiger partial charge < -0.3 is 9.15 Å². The fraction of sp³-hybridized carbons (Fsp3) is 0.308. The number of hydrogen-bond donors (Lipinski definition) is 0. The molecule has 1 atom stereocenters. The zero-order valence-corrected chi connectivity index (χ0v) is 12.0. The number of furan rings is 1. The van der Waals surface area contributed by atoms with Gasteiger partial charge in [0, 0.05) is 6.08 Å². The third-order valence-electron chi connectivity index (χ3n) is 2.79. The number of aryl methyl sites for hydroxylation is 1. The average molecular weight is 295 g/mol. The van der Waals surface area contributed by atoms with Crippen molar-refractivity contribution in [3.05, 3.63) is 28.6 Å². The van der Waals surface area contributed by atoms with Gasteiger partial charge in [0.2, 0.25) is 0 Å². The zero-order valence-electron chi connectivity index (χ0n) is 11.2. The van der Waals surface area contributed by atoms with Crippen LogP contribution in [0.25, 0.3) is 6.08 Å². The van der Waals surface area contributed by atoms with Crippen LogP contribution in [-0.2, 0) is 14.3 Å². The number of methoxy groups -OCH3 is 1. The Labute approximate surface area is 119 Å². The minimum atomic E-state index is -0.947. The zero-order chi connectivity index (χ0) is 14.9. The Morgan fingerprint density at radius 3 is 2.70 bits per heavy atom. The van der Waals surface area contributed by atoms with E-state index in [1.165, 1.54) is 20.1 Å². The SMILES string of the molecule is COC(=O)[C@@H](C)N1C(=O)S/C(=C\c2ccc(C)o2)C1=O. The number of carbonyl (C=O) groups excluding carboxylic acids is 3. The summed E-state index contributed by atoms with van der Waals surface area (Å²) < 4.78 is 9.88. The molecule has 106 valence electrons. The minimum Gasteiger partial charge on any atom is -0.467 e. The molecule has 0 spiro atoms. The Morgan fingerprint density at radius 2 is 2.15 bits per heavy atom. The van der Waals surface area contributed by atoms with Gasteiger partial charge in [-0.3, -0.25) is 14.5 Å². The van der Waals surface area contributed by atoms with Crippen molar-refractivity contribution >= 4 is 35.0 Å². The molecule has 0 saturated carbocycles. The number of thioether (sulfide) groups is 1. The van der Waals surface area contributed by atoms with Crippen molar-refractivity contribution in [2.45, 2.75) is 19.9 Å². The van der Waals surface area contributed by atoms with Gasteiger partial charge in [-0.1, -0.05) is 0 Å². The molecule has 2 amide bonds. The van der Waals surface area contributed by atoms with Gasteiger partial charge in [-0.25, -0.2) is 4.79 Å². The van der Waals surface area contributed by atoms with E-state index in [-0.39, 0.29) is 4.91 Å². The number of amides is 2. The molecule has 0 aromatic carbocycles. The molecular formula is C13H13NO5S. The molecule has 1 aliphatic heterocycles. The van der Waals surface area contributed by atoms with Crippen molar-refractivity contribution in [2.75, 3.05) is 7.11 Å². The summed E-state index contributed by atoms with van der Waals surface area (Å²) in [6.45, 7) is 3.23. The molecule has 1 fully saturated rings. The second-order valence-corrected chi connectivity index (χ2v) is 5.19. The van der Waals surface area contributed by atoms with Crippen LogP contribution < -0.4 is 0 Å². The van der Waals surface area contributed by atoms with E-state index in [2.05, 4.69) is 4.74 Å². The van der Waals surface area contributed by atoms with E-state index in [1.807, 2.05) is 0 Å². The molecule has 0 radical (unpaired) electrons. The summed E-state index contributed by atoms with van der Waals surface area (Å²) in [4.78, 5) is 36.5. The molecule has 0 N–H and O–H groups in total. The van der Waals surface area contributed by atoms with Crippen LogP contribution in [0.3, 0.4) is 0 Å². The van der Waals surface area contributed by atoms with E-state index < -0.39 is 23.2 Å². The van der Waals surface area contributed by atoms with Crippen molar-refractivity contribution in [3.8, 4) is 0 Å². The van der Waals surface area contributed by atoms with Crippen LogP contribution in [0.15, 0.2) is 21.5 Å². The van der Waals surface area contributed by atoms with Crippen molar-refractivity contribution in [1.29, 1.82) is 0 Å². The standard InChI is InChI=1S/C13H13NO5S/c1-7-4-5-9(19-7)6-10-11(15)14(13(17)20-10)8(2)12(16)18-3/h4-6,8H,1-3H3/b10-6-/t8-/m1/s1. The van der Waals surface area contributed by atoms with Gasteiger partial charge >= 0.3 is 5.97 Å². The number of rotatable bonds is 3. The van der Waals surface area contributed by atoms with E-state index in [4.69, 9.17) is 4.42 Å². The molecule has 1 aromatic rings. The first-order valence-electron chi connectivity index (χ1n) is 5.85. The van der Waals surface area contributed by atoms with Crippen LogP contribution in [0.5, 0.6) is 0 Å². The van der Waals surface area contributed by atoms with Crippen LogP contribution in [0.2, 0.25) is 0 Å². The molecule has 20 heavy (non-hydrogen) atoms. The first-order chi connectivity index (χ1) is 9.43. The Bertz CT molecular complexity index is 604. The molecule has 0 aliphatic carbocycles. The molecule has 6 nitrogen and oxygen atoms in total. The lowest BCUT2D eigenvalue weighted by atomic mass is 10.3. The van der Waals surface area contributed by atoms with Crippen LogP contribution >= 0.6 is 11.8 Å². The lowest BCUT2D eigenvalue weighted by molar-refractivity contribution is -0.148. The van der Waals surface area contributed by atoms with E-state index in [1.54, 1.807) is 19.1 Å². The highest BCUT2D eigenvalue weighted by atomic mass is 32.2. The third kappa shape index (κ3) is 2.62. The fourth-order valence-corrected chi connectivity index (χ4v) is 2.64. The Hall–Kier alpha value is -2.02. The fourth-order valence-electron chi connectivity index (χ4n) is 1.75. The summed E-state index contributed by atoms with van der Waals surface area (Å²) in [5.74, 6) is 0.0338. The van der Waals surface area contributed by atoms with Gasteiger partial charge in [-0.2, -0.15) is 0 Å². The smallest absolute Gasteiger partial charge is 0.328 e. The van der Waals surface area contributed by atoms with Crippen LogP contribution in [0, 0.1) is 6.92 Å². The maximum Gasteiger partial charge on any atom is 0.328 e. The number of esters is 1. The van der Waals surface area contributed by atoms with Gasteiger partial charge in [-0.15, -0.1) is 0 Å². The predicted molar refractivity (Wildman–Crippen MR) is 72.7 cm³/mol. The van der Waals surface area contributed by atoms with E-state index in [0.717, 1.165) is 16.7 Å². The summed E-state index contributed by atoms with van der Waals surface area (Å²) >= 11 is 0.773. The summed E-state index contributed by atoms with van der Waals surface area (Å²) in [5.41, 5.74) is 0. The summed E-state index contributed by atoms with van der Waals surface area (Å²) in [6, 6.07) is 2.51. The van der Waals surface area contributed by atoms with Crippen molar-refractivity contribution in [3.63, 3.8) is 0 Å². The summed E-state index contributed by atoms with van der Waals surface area (Å²) in [7, 11) is 1.21. The monoisotopic (exact) mass is 295 g/mol. The first-order valence-corrected chi connectivity index (χ1v) is 6.67. The van der Waals surface area contributed by atoms with Gasteiger partial charge in [0.1, 0.15) is 17.6 Å². The Morgan fingerprint density at radius 1 is 1.45 bits per heavy atom. The van der Waals surface area contributed by atoms with Crippen LogP contribution in [0.4, 0.5) is 4.79 Å².